The van der Waals surface area contributed by atoms with Crippen LogP contribution in [0.15, 0.2) is 47.4 Å². The first-order valence-corrected chi connectivity index (χ1v) is 10.1. The Balaban J connectivity index is 1.69. The maximum Gasteiger partial charge on any atom is 0.335 e. The van der Waals surface area contributed by atoms with Crippen molar-refractivity contribution in [1.29, 1.82) is 0 Å². The van der Waals surface area contributed by atoms with Gasteiger partial charge >= 0.3 is 5.97 Å². The average Bonchev–Trinajstić information content (AvgIpc) is 2.61. The average molecular weight is 374 g/mol. The first kappa shape index (κ1) is 18.6. The molecule has 3 rings (SSSR count). The summed E-state index contributed by atoms with van der Waals surface area (Å²) in [5.74, 6) is -0.799. The van der Waals surface area contributed by atoms with E-state index in [1.165, 1.54) is 0 Å². The Morgan fingerprint density at radius 2 is 1.92 bits per heavy atom. The summed E-state index contributed by atoms with van der Waals surface area (Å²) in [7, 11) is -3.77. The van der Waals surface area contributed by atoms with Crippen LogP contribution in [0.5, 0.6) is 0 Å². The number of fused-ring (bicyclic) bond motifs is 1. The minimum atomic E-state index is -3.77. The molecule has 1 aliphatic carbocycles. The number of aryl methyl sites for hydroxylation is 1. The monoisotopic (exact) mass is 374 g/mol. The van der Waals surface area contributed by atoms with Gasteiger partial charge in [0.1, 0.15) is 0 Å². The van der Waals surface area contributed by atoms with Crippen LogP contribution in [-0.2, 0) is 20.7 Å². The van der Waals surface area contributed by atoms with E-state index in [9.17, 15) is 18.3 Å². The first-order chi connectivity index (χ1) is 12.4. The molecule has 0 aromatic heterocycles. The molecule has 6 heteroatoms. The van der Waals surface area contributed by atoms with E-state index in [1.807, 2.05) is 13.0 Å². The van der Waals surface area contributed by atoms with Crippen molar-refractivity contribution in [1.82, 2.24) is 0 Å². The zero-order valence-corrected chi connectivity index (χ0v) is 15.5. The van der Waals surface area contributed by atoms with Crippen molar-refractivity contribution in [2.75, 3.05) is 6.61 Å². The molecule has 0 saturated heterocycles. The van der Waals surface area contributed by atoms with Crippen LogP contribution in [0.3, 0.4) is 0 Å². The van der Waals surface area contributed by atoms with E-state index in [0.717, 1.165) is 36.0 Å². The summed E-state index contributed by atoms with van der Waals surface area (Å²) < 4.78 is 29.8. The highest BCUT2D eigenvalue weighted by Crippen LogP contribution is 2.35. The molecule has 0 amide bonds. The molecule has 0 saturated carbocycles. The largest absolute Gasteiger partial charge is 0.478 e. The van der Waals surface area contributed by atoms with Gasteiger partial charge in [0.25, 0.3) is 10.1 Å². The molecule has 5 nitrogen and oxygen atoms in total. The minimum Gasteiger partial charge on any atom is -0.478 e. The smallest absolute Gasteiger partial charge is 0.335 e. The van der Waals surface area contributed by atoms with Gasteiger partial charge in [0.15, 0.2) is 0 Å². The lowest BCUT2D eigenvalue weighted by Gasteiger charge is -2.26. The second kappa shape index (κ2) is 7.60. The SMILES string of the molecule is Cc1ccc(S(=O)(=O)OCCC2CCCc3c(C(=O)O)cccc32)cc1. The number of carbonyl (C=O) groups is 1. The predicted octanol–water partition coefficient (Wildman–Crippen LogP) is 3.91. The molecule has 2 aromatic rings. The normalized spacial score (nSPS) is 16.9. The Bertz CT molecular complexity index is 900. The number of hydrogen-bond acceptors (Lipinski definition) is 4. The summed E-state index contributed by atoms with van der Waals surface area (Å²) in [5.41, 5.74) is 3.21. The molecular weight excluding hydrogens is 352 g/mol. The lowest BCUT2D eigenvalue weighted by molar-refractivity contribution is 0.0695. The number of hydrogen-bond donors (Lipinski definition) is 1. The number of carboxylic acid groups (broad SMARTS) is 1. The summed E-state index contributed by atoms with van der Waals surface area (Å²) in [6.45, 7) is 1.97. The highest BCUT2D eigenvalue weighted by molar-refractivity contribution is 7.86. The maximum absolute atomic E-state index is 12.3. The molecule has 1 atom stereocenters. The number of carboxylic acids is 1. The molecule has 0 fully saturated rings. The summed E-state index contributed by atoms with van der Waals surface area (Å²) in [6.07, 6.45) is 3.09. The van der Waals surface area contributed by atoms with Crippen molar-refractivity contribution in [3.63, 3.8) is 0 Å². The minimum absolute atomic E-state index is 0.0810. The fourth-order valence-electron chi connectivity index (χ4n) is 3.52. The van der Waals surface area contributed by atoms with Gasteiger partial charge in [-0.3, -0.25) is 4.18 Å². The number of aromatic carboxylic acids is 1. The Morgan fingerprint density at radius 1 is 1.19 bits per heavy atom. The van der Waals surface area contributed by atoms with Gasteiger partial charge < -0.3 is 5.11 Å². The van der Waals surface area contributed by atoms with Crippen molar-refractivity contribution in [2.45, 2.75) is 43.4 Å². The lowest BCUT2D eigenvalue weighted by Crippen LogP contribution is -2.17. The number of rotatable bonds is 6. The molecule has 2 aromatic carbocycles. The molecule has 0 aliphatic heterocycles. The Labute approximate surface area is 153 Å². The van der Waals surface area contributed by atoms with Crippen molar-refractivity contribution in [3.05, 3.63) is 64.7 Å². The summed E-state index contributed by atoms with van der Waals surface area (Å²) in [4.78, 5) is 11.6. The Hall–Kier alpha value is -2.18. The summed E-state index contributed by atoms with van der Waals surface area (Å²) in [5, 5.41) is 9.35. The Kier molecular flexibility index (Phi) is 5.44. The third-order valence-corrected chi connectivity index (χ3v) is 6.20. The van der Waals surface area contributed by atoms with Crippen molar-refractivity contribution in [3.8, 4) is 0 Å². The van der Waals surface area contributed by atoms with Gasteiger partial charge in [0.2, 0.25) is 0 Å². The molecule has 0 spiro atoms. The maximum atomic E-state index is 12.3. The van der Waals surface area contributed by atoms with Gasteiger partial charge in [-0.15, -0.1) is 0 Å². The molecule has 1 unspecified atom stereocenters. The van der Waals surface area contributed by atoms with Gasteiger partial charge in [-0.05, 0) is 67.9 Å². The van der Waals surface area contributed by atoms with Crippen LogP contribution in [0.2, 0.25) is 0 Å². The zero-order chi connectivity index (χ0) is 18.7. The fraction of sp³-hybridized carbons (Fsp3) is 0.350. The Morgan fingerprint density at radius 3 is 2.62 bits per heavy atom. The molecule has 1 N–H and O–H groups in total. The van der Waals surface area contributed by atoms with E-state index < -0.39 is 16.1 Å². The van der Waals surface area contributed by atoms with Crippen LogP contribution < -0.4 is 0 Å². The van der Waals surface area contributed by atoms with E-state index in [4.69, 9.17) is 4.18 Å². The van der Waals surface area contributed by atoms with Gasteiger partial charge in [-0.1, -0.05) is 29.8 Å². The van der Waals surface area contributed by atoms with Gasteiger partial charge in [0, 0.05) is 0 Å². The van der Waals surface area contributed by atoms with Crippen LogP contribution >= 0.6 is 0 Å². The third-order valence-electron chi connectivity index (χ3n) is 4.88. The number of benzene rings is 2. The molecule has 26 heavy (non-hydrogen) atoms. The topological polar surface area (TPSA) is 80.7 Å². The molecule has 0 bridgehead atoms. The quantitative estimate of drug-likeness (QED) is 0.776. The van der Waals surface area contributed by atoms with Gasteiger partial charge in [0.05, 0.1) is 17.1 Å². The highest BCUT2D eigenvalue weighted by Gasteiger charge is 2.25. The van der Waals surface area contributed by atoms with Crippen LogP contribution in [0.1, 0.15) is 52.2 Å². The van der Waals surface area contributed by atoms with Gasteiger partial charge in [-0.25, -0.2) is 4.79 Å². The van der Waals surface area contributed by atoms with Gasteiger partial charge in [-0.2, -0.15) is 8.42 Å². The second-order valence-electron chi connectivity index (χ2n) is 6.65. The highest BCUT2D eigenvalue weighted by atomic mass is 32.2. The predicted molar refractivity (Wildman–Crippen MR) is 98.0 cm³/mol. The fourth-order valence-corrected chi connectivity index (χ4v) is 4.44. The second-order valence-corrected chi connectivity index (χ2v) is 8.26. The summed E-state index contributed by atoms with van der Waals surface area (Å²) >= 11 is 0. The lowest BCUT2D eigenvalue weighted by atomic mass is 9.79. The standard InChI is InChI=1S/C20H22O5S/c1-14-8-10-16(11-9-14)26(23,24)25-13-12-15-4-2-6-18-17(15)5-3-7-19(18)20(21)22/h3,5,7-11,15H,2,4,6,12-13H2,1H3,(H,21,22). The van der Waals surface area contributed by atoms with Crippen LogP contribution in [-0.4, -0.2) is 26.1 Å². The summed E-state index contributed by atoms with van der Waals surface area (Å²) in [6, 6.07) is 11.9. The van der Waals surface area contributed by atoms with Crippen molar-refractivity contribution < 1.29 is 22.5 Å². The first-order valence-electron chi connectivity index (χ1n) is 8.69. The molecule has 0 radical (unpaired) electrons. The molecule has 138 valence electrons. The van der Waals surface area contributed by atoms with E-state index in [-0.39, 0.29) is 17.4 Å². The van der Waals surface area contributed by atoms with Crippen LogP contribution in [0.4, 0.5) is 0 Å². The molecule has 1 aliphatic rings. The van der Waals surface area contributed by atoms with Crippen molar-refractivity contribution >= 4 is 16.1 Å². The van der Waals surface area contributed by atoms with E-state index in [1.54, 1.807) is 36.4 Å². The van der Waals surface area contributed by atoms with E-state index in [2.05, 4.69) is 0 Å². The van der Waals surface area contributed by atoms with E-state index in [0.29, 0.717) is 12.0 Å². The third kappa shape index (κ3) is 3.97. The van der Waals surface area contributed by atoms with Crippen LogP contribution in [0.25, 0.3) is 0 Å². The van der Waals surface area contributed by atoms with Crippen molar-refractivity contribution in [2.24, 2.45) is 0 Å². The molecular formula is C20H22O5S. The van der Waals surface area contributed by atoms with Crippen LogP contribution in [0, 0.1) is 6.92 Å². The zero-order valence-electron chi connectivity index (χ0n) is 14.6. The molecule has 0 heterocycles. The van der Waals surface area contributed by atoms with E-state index >= 15 is 0 Å².